The molecule has 5 nitrogen and oxygen atoms in total. The molecule has 0 bridgehead atoms. The van der Waals surface area contributed by atoms with E-state index in [9.17, 15) is 4.79 Å². The van der Waals surface area contributed by atoms with Crippen molar-refractivity contribution < 1.29 is 4.79 Å². The van der Waals surface area contributed by atoms with Crippen LogP contribution in [-0.2, 0) is 11.3 Å². The zero-order chi connectivity index (χ0) is 12.0. The van der Waals surface area contributed by atoms with E-state index in [-0.39, 0.29) is 12.5 Å². The monoisotopic (exact) mass is 224 g/mol. The fourth-order valence-electron chi connectivity index (χ4n) is 1.59. The molecule has 0 saturated heterocycles. The second-order valence-electron chi connectivity index (χ2n) is 4.17. The number of carbonyl (C=O) groups excluding carboxylic acids is 1. The van der Waals surface area contributed by atoms with Crippen molar-refractivity contribution >= 4 is 11.6 Å². The number of primary amides is 1. The molecule has 1 rings (SSSR count). The summed E-state index contributed by atoms with van der Waals surface area (Å²) in [6, 6.07) is 0. The Morgan fingerprint density at radius 1 is 1.69 bits per heavy atom. The first-order valence-corrected chi connectivity index (χ1v) is 5.66. The Morgan fingerprint density at radius 2 is 2.44 bits per heavy atom. The van der Waals surface area contributed by atoms with E-state index >= 15 is 0 Å². The molecule has 0 aliphatic heterocycles. The van der Waals surface area contributed by atoms with Crippen LogP contribution in [0.1, 0.15) is 26.7 Å². The number of amides is 1. The summed E-state index contributed by atoms with van der Waals surface area (Å²) in [7, 11) is 0. The summed E-state index contributed by atoms with van der Waals surface area (Å²) >= 11 is 0. The van der Waals surface area contributed by atoms with E-state index in [1.165, 1.54) is 17.5 Å². The number of rotatable bonds is 7. The van der Waals surface area contributed by atoms with Crippen LogP contribution in [0.3, 0.4) is 0 Å². The van der Waals surface area contributed by atoms with Crippen molar-refractivity contribution in [2.24, 2.45) is 11.7 Å². The first kappa shape index (κ1) is 12.5. The van der Waals surface area contributed by atoms with Crippen LogP contribution in [0.15, 0.2) is 12.4 Å². The first-order chi connectivity index (χ1) is 7.61. The van der Waals surface area contributed by atoms with Crippen LogP contribution in [0.2, 0.25) is 0 Å². The van der Waals surface area contributed by atoms with Crippen molar-refractivity contribution in [3.05, 3.63) is 12.4 Å². The van der Waals surface area contributed by atoms with Gasteiger partial charge in [0.15, 0.2) is 0 Å². The number of hydrogen-bond acceptors (Lipinski definition) is 3. The third-order valence-electron chi connectivity index (χ3n) is 2.39. The summed E-state index contributed by atoms with van der Waals surface area (Å²) in [5, 5.41) is 7.32. The lowest BCUT2D eigenvalue weighted by atomic mass is 10.1. The van der Waals surface area contributed by atoms with E-state index in [4.69, 9.17) is 5.73 Å². The molecule has 0 aliphatic rings. The molecule has 3 N–H and O–H groups in total. The quantitative estimate of drug-likeness (QED) is 0.731. The molecule has 0 saturated carbocycles. The molecule has 0 fully saturated rings. The first-order valence-electron chi connectivity index (χ1n) is 5.66. The van der Waals surface area contributed by atoms with Crippen molar-refractivity contribution in [3.63, 3.8) is 0 Å². The Bertz CT molecular complexity index is 334. The van der Waals surface area contributed by atoms with E-state index < -0.39 is 0 Å². The van der Waals surface area contributed by atoms with Crippen LogP contribution in [0.4, 0.5) is 5.69 Å². The molecule has 0 radical (unpaired) electrons. The molecule has 1 aromatic rings. The van der Waals surface area contributed by atoms with Crippen LogP contribution < -0.4 is 11.1 Å². The molecule has 1 aromatic heterocycles. The van der Waals surface area contributed by atoms with Gasteiger partial charge in [-0.2, -0.15) is 5.10 Å². The van der Waals surface area contributed by atoms with Crippen molar-refractivity contribution in [2.75, 3.05) is 11.9 Å². The third kappa shape index (κ3) is 4.33. The van der Waals surface area contributed by atoms with Crippen LogP contribution in [0.5, 0.6) is 0 Å². The Kier molecular flexibility index (Phi) is 4.82. The van der Waals surface area contributed by atoms with Crippen molar-refractivity contribution in [2.45, 2.75) is 33.2 Å². The van der Waals surface area contributed by atoms with Crippen LogP contribution in [-0.4, -0.2) is 22.2 Å². The van der Waals surface area contributed by atoms with Gasteiger partial charge >= 0.3 is 0 Å². The molecule has 1 amide bonds. The van der Waals surface area contributed by atoms with Gasteiger partial charge in [-0.05, 0) is 12.3 Å². The molecule has 1 unspecified atom stereocenters. The largest absolute Gasteiger partial charge is 0.382 e. The van der Waals surface area contributed by atoms with Crippen LogP contribution >= 0.6 is 0 Å². The summed E-state index contributed by atoms with van der Waals surface area (Å²) in [4.78, 5) is 10.7. The lowest BCUT2D eigenvalue weighted by Crippen LogP contribution is -2.18. The number of nitrogens with one attached hydrogen (secondary N) is 1. The Balaban J connectivity index is 2.37. The molecule has 5 heteroatoms. The average Bonchev–Trinajstić information content (AvgIpc) is 2.62. The predicted octanol–water partition coefficient (Wildman–Crippen LogP) is 1.22. The number of aromatic nitrogens is 2. The van der Waals surface area contributed by atoms with Gasteiger partial charge in [0.05, 0.1) is 11.9 Å². The summed E-state index contributed by atoms with van der Waals surface area (Å²) in [5.41, 5.74) is 6.01. The van der Waals surface area contributed by atoms with Gasteiger partial charge in [0.1, 0.15) is 6.54 Å². The number of carbonyl (C=O) groups is 1. The molecule has 16 heavy (non-hydrogen) atoms. The minimum atomic E-state index is -0.381. The SMILES string of the molecule is CCCC(C)CNc1cnn(CC(N)=O)c1. The maximum Gasteiger partial charge on any atom is 0.239 e. The Morgan fingerprint density at radius 3 is 3.06 bits per heavy atom. The normalized spacial score (nSPS) is 12.4. The highest BCUT2D eigenvalue weighted by molar-refractivity contribution is 5.73. The van der Waals surface area contributed by atoms with Gasteiger partial charge in [0.2, 0.25) is 5.91 Å². The second-order valence-corrected chi connectivity index (χ2v) is 4.17. The van der Waals surface area contributed by atoms with Gasteiger partial charge in [0.25, 0.3) is 0 Å². The van der Waals surface area contributed by atoms with Crippen LogP contribution in [0, 0.1) is 5.92 Å². The summed E-state index contributed by atoms with van der Waals surface area (Å²) in [6.07, 6.45) is 5.91. The maximum absolute atomic E-state index is 10.7. The van der Waals surface area contributed by atoms with Crippen molar-refractivity contribution in [1.29, 1.82) is 0 Å². The molecular formula is C11H20N4O. The second kappa shape index (κ2) is 6.15. The molecule has 0 spiro atoms. The van der Waals surface area contributed by atoms with E-state index in [0.29, 0.717) is 5.92 Å². The number of anilines is 1. The minimum Gasteiger partial charge on any atom is -0.382 e. The lowest BCUT2D eigenvalue weighted by molar-refractivity contribution is -0.118. The highest BCUT2D eigenvalue weighted by Gasteiger charge is 2.03. The molecule has 1 heterocycles. The zero-order valence-electron chi connectivity index (χ0n) is 9.94. The smallest absolute Gasteiger partial charge is 0.239 e. The summed E-state index contributed by atoms with van der Waals surface area (Å²) in [6.45, 7) is 5.45. The van der Waals surface area contributed by atoms with Crippen LogP contribution in [0.25, 0.3) is 0 Å². The topological polar surface area (TPSA) is 72.9 Å². The van der Waals surface area contributed by atoms with Gasteiger partial charge in [-0.15, -0.1) is 0 Å². The maximum atomic E-state index is 10.7. The molecular weight excluding hydrogens is 204 g/mol. The Hall–Kier alpha value is -1.52. The molecule has 1 atom stereocenters. The number of hydrogen-bond donors (Lipinski definition) is 2. The molecule has 90 valence electrons. The standard InChI is InChI=1S/C11H20N4O/c1-3-4-9(2)5-13-10-6-14-15(7-10)8-11(12)16/h6-7,9,13H,3-5,8H2,1-2H3,(H2,12,16). The summed E-state index contributed by atoms with van der Waals surface area (Å²) < 4.78 is 1.54. The fourth-order valence-corrected chi connectivity index (χ4v) is 1.59. The zero-order valence-corrected chi connectivity index (χ0v) is 9.94. The van der Waals surface area contributed by atoms with Crippen molar-refractivity contribution in [3.8, 4) is 0 Å². The minimum absolute atomic E-state index is 0.131. The fraction of sp³-hybridized carbons (Fsp3) is 0.636. The highest BCUT2D eigenvalue weighted by atomic mass is 16.1. The van der Waals surface area contributed by atoms with E-state index in [1.807, 2.05) is 0 Å². The molecule has 0 aliphatic carbocycles. The van der Waals surface area contributed by atoms with E-state index in [0.717, 1.165) is 12.2 Å². The number of nitrogens with zero attached hydrogens (tertiary/aromatic N) is 2. The Labute approximate surface area is 96.0 Å². The van der Waals surface area contributed by atoms with Gasteiger partial charge in [-0.25, -0.2) is 0 Å². The highest BCUT2D eigenvalue weighted by Crippen LogP contribution is 2.09. The third-order valence-corrected chi connectivity index (χ3v) is 2.39. The number of nitrogens with two attached hydrogens (primary N) is 1. The summed E-state index contributed by atoms with van der Waals surface area (Å²) in [5.74, 6) is 0.262. The van der Waals surface area contributed by atoms with E-state index in [2.05, 4.69) is 24.3 Å². The lowest BCUT2D eigenvalue weighted by Gasteiger charge is -2.10. The van der Waals surface area contributed by atoms with Gasteiger partial charge < -0.3 is 11.1 Å². The molecule has 0 aromatic carbocycles. The predicted molar refractivity (Wildman–Crippen MR) is 64.0 cm³/mol. The van der Waals surface area contributed by atoms with E-state index in [1.54, 1.807) is 12.4 Å². The van der Waals surface area contributed by atoms with Gasteiger partial charge in [0, 0.05) is 12.7 Å². The van der Waals surface area contributed by atoms with Gasteiger partial charge in [-0.1, -0.05) is 20.3 Å². The van der Waals surface area contributed by atoms with Gasteiger partial charge in [-0.3, -0.25) is 9.48 Å². The average molecular weight is 224 g/mol. The van der Waals surface area contributed by atoms with Crippen molar-refractivity contribution in [1.82, 2.24) is 9.78 Å².